The van der Waals surface area contributed by atoms with Gasteiger partial charge in [-0.3, -0.25) is 4.79 Å². The second-order valence-corrected chi connectivity index (χ2v) is 9.48. The third-order valence-corrected chi connectivity index (χ3v) is 7.09. The molecular formula is C23H16N2O5S2. The molecule has 5 aromatic rings. The van der Waals surface area contributed by atoms with Crippen molar-refractivity contribution in [2.24, 2.45) is 0 Å². The third kappa shape index (κ3) is 3.61. The van der Waals surface area contributed by atoms with Gasteiger partial charge < -0.3 is 8.92 Å². The van der Waals surface area contributed by atoms with E-state index >= 15 is 0 Å². The van der Waals surface area contributed by atoms with Gasteiger partial charge >= 0.3 is 10.1 Å². The average molecular weight is 465 g/mol. The van der Waals surface area contributed by atoms with Crippen molar-refractivity contribution in [3.05, 3.63) is 93.2 Å². The molecule has 0 spiro atoms. The molecule has 0 N–H and O–H groups in total. The van der Waals surface area contributed by atoms with E-state index in [4.69, 9.17) is 8.92 Å². The van der Waals surface area contributed by atoms with Crippen LogP contribution < -0.4 is 19.0 Å². The molecule has 2 aromatic heterocycles. The predicted octanol–water partition coefficient (Wildman–Crippen LogP) is 3.23. The van der Waals surface area contributed by atoms with Crippen LogP contribution in [0.5, 0.6) is 11.5 Å². The van der Waals surface area contributed by atoms with Crippen molar-refractivity contribution >= 4 is 43.5 Å². The number of hydrogen-bond acceptors (Lipinski definition) is 7. The molecule has 0 saturated heterocycles. The first-order valence-corrected chi connectivity index (χ1v) is 11.8. The van der Waals surface area contributed by atoms with Gasteiger partial charge in [-0.15, -0.1) is 0 Å². The van der Waals surface area contributed by atoms with Crippen molar-refractivity contribution in [3.63, 3.8) is 0 Å². The fourth-order valence-corrected chi connectivity index (χ4v) is 5.25. The summed E-state index contributed by atoms with van der Waals surface area (Å²) in [6.07, 6.45) is 1.70. The van der Waals surface area contributed by atoms with Crippen LogP contribution in [0.1, 0.15) is 5.56 Å². The maximum Gasteiger partial charge on any atom is 0.339 e. The Labute approximate surface area is 186 Å². The summed E-state index contributed by atoms with van der Waals surface area (Å²) in [6.45, 7) is 0. The summed E-state index contributed by atoms with van der Waals surface area (Å²) in [5.74, 6) is 0.692. The van der Waals surface area contributed by atoms with E-state index in [2.05, 4.69) is 4.98 Å². The second kappa shape index (κ2) is 7.77. The lowest BCUT2D eigenvalue weighted by atomic mass is 10.2. The van der Waals surface area contributed by atoms with Gasteiger partial charge in [-0.1, -0.05) is 35.6 Å². The first-order valence-electron chi connectivity index (χ1n) is 9.55. The van der Waals surface area contributed by atoms with Crippen LogP contribution in [-0.4, -0.2) is 24.9 Å². The molecule has 0 aliphatic rings. The molecule has 0 saturated carbocycles. The molecular weight excluding hydrogens is 448 g/mol. The standard InChI is InChI=1S/C23H16N2O5S2/c1-29-16-9-11-18(12-10-16)32(27,28)30-17-6-4-5-15(13-17)14-21-22(26)25-20-8-3-2-7-19(20)24-23(25)31-21/h2-14H,1H3/b21-14-. The van der Waals surface area contributed by atoms with E-state index in [1.54, 1.807) is 46.9 Å². The largest absolute Gasteiger partial charge is 0.497 e. The Hall–Kier alpha value is -3.69. The van der Waals surface area contributed by atoms with Gasteiger partial charge in [0.15, 0.2) is 4.96 Å². The molecule has 0 unspecified atom stereocenters. The van der Waals surface area contributed by atoms with Crippen LogP contribution >= 0.6 is 11.3 Å². The first-order chi connectivity index (χ1) is 15.4. The number of rotatable bonds is 5. The molecule has 9 heteroatoms. The van der Waals surface area contributed by atoms with Gasteiger partial charge in [-0.05, 0) is 60.2 Å². The number of imidazole rings is 1. The quantitative estimate of drug-likeness (QED) is 0.371. The Morgan fingerprint density at radius 3 is 2.53 bits per heavy atom. The maximum absolute atomic E-state index is 12.9. The van der Waals surface area contributed by atoms with Gasteiger partial charge in [-0.2, -0.15) is 8.42 Å². The summed E-state index contributed by atoms with van der Waals surface area (Å²) in [5, 5.41) is 0. The van der Waals surface area contributed by atoms with E-state index in [1.165, 1.54) is 30.6 Å². The smallest absolute Gasteiger partial charge is 0.339 e. The molecule has 32 heavy (non-hydrogen) atoms. The third-order valence-electron chi connectivity index (χ3n) is 4.86. The van der Waals surface area contributed by atoms with E-state index in [0.29, 0.717) is 20.8 Å². The topological polar surface area (TPSA) is 87.0 Å². The predicted molar refractivity (Wildman–Crippen MR) is 123 cm³/mol. The van der Waals surface area contributed by atoms with Gasteiger partial charge in [0.05, 0.1) is 22.7 Å². The Bertz CT molecular complexity index is 1670. The van der Waals surface area contributed by atoms with Crippen LogP contribution in [0.25, 0.3) is 22.1 Å². The zero-order valence-corrected chi connectivity index (χ0v) is 18.4. The fraction of sp³-hybridized carbons (Fsp3) is 0.0435. The van der Waals surface area contributed by atoms with Crippen molar-refractivity contribution in [1.29, 1.82) is 0 Å². The van der Waals surface area contributed by atoms with Crippen LogP contribution in [0.4, 0.5) is 0 Å². The van der Waals surface area contributed by atoms with Crippen LogP contribution in [-0.2, 0) is 10.1 Å². The number of thiazole rings is 1. The van der Waals surface area contributed by atoms with Crippen molar-refractivity contribution in [3.8, 4) is 11.5 Å². The fourth-order valence-electron chi connectivity index (χ4n) is 3.34. The number of ether oxygens (including phenoxy) is 1. The highest BCUT2D eigenvalue weighted by molar-refractivity contribution is 7.87. The molecule has 2 heterocycles. The molecule has 0 bridgehead atoms. The normalized spacial score (nSPS) is 12.5. The Balaban J connectivity index is 1.49. The minimum Gasteiger partial charge on any atom is -0.497 e. The highest BCUT2D eigenvalue weighted by atomic mass is 32.2. The van der Waals surface area contributed by atoms with Gasteiger partial charge in [0.25, 0.3) is 5.56 Å². The van der Waals surface area contributed by atoms with Gasteiger partial charge in [-0.25, -0.2) is 9.38 Å². The zero-order chi connectivity index (χ0) is 22.3. The molecule has 160 valence electrons. The summed E-state index contributed by atoms with van der Waals surface area (Å²) < 4.78 is 37.6. The van der Waals surface area contributed by atoms with E-state index in [0.717, 1.165) is 11.0 Å². The molecule has 7 nitrogen and oxygen atoms in total. The van der Waals surface area contributed by atoms with E-state index in [-0.39, 0.29) is 16.2 Å². The van der Waals surface area contributed by atoms with Crippen LogP contribution in [0.2, 0.25) is 0 Å². The number of para-hydroxylation sites is 2. The monoisotopic (exact) mass is 464 g/mol. The molecule has 0 aliphatic carbocycles. The average Bonchev–Trinajstić information content (AvgIpc) is 3.30. The van der Waals surface area contributed by atoms with Crippen LogP contribution in [0, 0.1) is 0 Å². The molecule has 0 atom stereocenters. The minimum absolute atomic E-state index is 0.0147. The second-order valence-electron chi connectivity index (χ2n) is 6.92. The van der Waals surface area contributed by atoms with E-state index in [1.807, 2.05) is 24.3 Å². The Morgan fingerprint density at radius 1 is 0.969 bits per heavy atom. The summed E-state index contributed by atoms with van der Waals surface area (Å²) >= 11 is 1.28. The maximum atomic E-state index is 12.9. The molecule has 3 aromatic carbocycles. The van der Waals surface area contributed by atoms with Gasteiger partial charge in [0.1, 0.15) is 16.4 Å². The highest BCUT2D eigenvalue weighted by Gasteiger charge is 2.17. The van der Waals surface area contributed by atoms with Crippen molar-refractivity contribution in [2.45, 2.75) is 4.90 Å². The number of methoxy groups -OCH3 is 1. The Kier molecular flexibility index (Phi) is 4.91. The molecule has 0 aliphatic heterocycles. The molecule has 0 radical (unpaired) electrons. The molecule has 0 amide bonds. The molecule has 5 rings (SSSR count). The first kappa shape index (κ1) is 20.2. The number of hydrogen-bond donors (Lipinski definition) is 0. The molecule has 0 fully saturated rings. The summed E-state index contributed by atoms with van der Waals surface area (Å²) in [6, 6.07) is 19.9. The highest BCUT2D eigenvalue weighted by Crippen LogP contribution is 2.22. The SMILES string of the molecule is COc1ccc(S(=O)(=O)Oc2cccc(/C=c3\sc4nc5ccccc5n4c3=O)c2)cc1. The Morgan fingerprint density at radius 2 is 1.75 bits per heavy atom. The lowest BCUT2D eigenvalue weighted by Crippen LogP contribution is -2.22. The number of fused-ring (bicyclic) bond motifs is 3. The minimum atomic E-state index is -4.01. The lowest BCUT2D eigenvalue weighted by molar-refractivity contribution is 0.414. The summed E-state index contributed by atoms with van der Waals surface area (Å²) in [5.41, 5.74) is 1.99. The van der Waals surface area contributed by atoms with Crippen LogP contribution in [0.3, 0.4) is 0 Å². The zero-order valence-electron chi connectivity index (χ0n) is 16.8. The number of aromatic nitrogens is 2. The summed E-state index contributed by atoms with van der Waals surface area (Å²) in [4.78, 5) is 18.0. The number of nitrogens with zero attached hydrogens (tertiary/aromatic N) is 2. The van der Waals surface area contributed by atoms with Gasteiger partial charge in [0.2, 0.25) is 0 Å². The van der Waals surface area contributed by atoms with Crippen molar-refractivity contribution in [1.82, 2.24) is 9.38 Å². The van der Waals surface area contributed by atoms with Crippen molar-refractivity contribution < 1.29 is 17.3 Å². The number of benzene rings is 3. The van der Waals surface area contributed by atoms with Crippen molar-refractivity contribution in [2.75, 3.05) is 7.11 Å². The van der Waals surface area contributed by atoms with E-state index < -0.39 is 10.1 Å². The lowest BCUT2D eigenvalue weighted by Gasteiger charge is -2.08. The van der Waals surface area contributed by atoms with E-state index in [9.17, 15) is 13.2 Å². The van der Waals surface area contributed by atoms with Crippen LogP contribution in [0.15, 0.2) is 82.5 Å². The summed E-state index contributed by atoms with van der Waals surface area (Å²) in [7, 11) is -2.51. The van der Waals surface area contributed by atoms with Gasteiger partial charge in [0, 0.05) is 0 Å².